The number of aliphatic hydroxyl groups excluding tert-OH is 1. The van der Waals surface area contributed by atoms with E-state index in [4.69, 9.17) is 27.9 Å². The Labute approximate surface area is 398 Å². The summed E-state index contributed by atoms with van der Waals surface area (Å²) >= 11 is 0. The Balaban J connectivity index is 1.55. The standard InChI is InChI=1S/C52H63N3O12Si/c1-15-23-55(47(60)64-49(2,3)4)39-32-22-21-30(27-56)24-33(32)42(63-48(61)65-50(5,6)7)37-34(39)25-31-26-35-40(54(11)12)43-38(46(53-66-43)62-28-29-19-17-16-18-20-29)45(59)52(35,44(58)36(31)41(37)57)67-68(13,14)51(8,9)10/h15-22,24,27,31,35,40,57H,1,23,25-26,28H2,2-14H3/t31-,35-,40-,52-/m0/s1. The van der Waals surface area contributed by atoms with Gasteiger partial charge in [0.25, 0.3) is 5.88 Å². The molecule has 16 heteroatoms. The van der Waals surface area contributed by atoms with Gasteiger partial charge in [-0.05, 0) is 115 Å². The Morgan fingerprint density at radius 3 is 2.19 bits per heavy atom. The van der Waals surface area contributed by atoms with E-state index >= 15 is 9.59 Å². The van der Waals surface area contributed by atoms with Gasteiger partial charge in [-0.3, -0.25) is 24.2 Å². The van der Waals surface area contributed by atoms with Gasteiger partial charge in [-0.15, -0.1) is 6.58 Å². The number of amides is 1. The zero-order valence-corrected chi connectivity index (χ0v) is 42.3. The fourth-order valence-corrected chi connectivity index (χ4v) is 10.8. The van der Waals surface area contributed by atoms with Gasteiger partial charge in [-0.25, -0.2) is 9.59 Å². The number of carbonyl (C=O) groups excluding carboxylic acids is 5. The monoisotopic (exact) mass is 949 g/mol. The van der Waals surface area contributed by atoms with Crippen LogP contribution < -0.4 is 14.4 Å². The number of ketones is 2. The summed E-state index contributed by atoms with van der Waals surface area (Å²) in [6, 6.07) is 13.2. The molecule has 4 atom stereocenters. The second-order valence-corrected chi connectivity index (χ2v) is 26.3. The molecule has 0 saturated heterocycles. The molecule has 0 radical (unpaired) electrons. The topological polar surface area (TPSA) is 184 Å². The van der Waals surface area contributed by atoms with Crippen molar-refractivity contribution >= 4 is 60.6 Å². The summed E-state index contributed by atoms with van der Waals surface area (Å²) in [5, 5.41) is 17.4. The van der Waals surface area contributed by atoms with Crippen LogP contribution in [-0.4, -0.2) is 91.0 Å². The van der Waals surface area contributed by atoms with E-state index in [2.05, 4.69) is 11.7 Å². The molecule has 4 aromatic rings. The normalized spacial score (nSPS) is 20.5. The van der Waals surface area contributed by atoms with Crippen LogP contribution in [0.1, 0.15) is 118 Å². The molecule has 68 heavy (non-hydrogen) atoms. The Kier molecular flexibility index (Phi) is 13.0. The average molecular weight is 950 g/mol. The third-order valence-electron chi connectivity index (χ3n) is 13.2. The minimum atomic E-state index is -3.11. The second-order valence-electron chi connectivity index (χ2n) is 21.6. The van der Waals surface area contributed by atoms with Crippen LogP contribution in [0.15, 0.2) is 71.3 Å². The van der Waals surface area contributed by atoms with E-state index in [0.717, 1.165) is 5.56 Å². The van der Waals surface area contributed by atoms with E-state index < -0.39 is 77.6 Å². The number of aromatic nitrogens is 1. The highest BCUT2D eigenvalue weighted by atomic mass is 28.4. The summed E-state index contributed by atoms with van der Waals surface area (Å²) in [5.74, 6) is -3.87. The van der Waals surface area contributed by atoms with Crippen molar-refractivity contribution < 1.29 is 57.0 Å². The first-order valence-electron chi connectivity index (χ1n) is 22.8. The van der Waals surface area contributed by atoms with Crippen molar-refractivity contribution in [3.05, 3.63) is 100 Å². The number of anilines is 1. The number of hydrogen-bond donors (Lipinski definition) is 1. The number of nitrogens with zero attached hydrogens (tertiary/aromatic N) is 3. The lowest BCUT2D eigenvalue weighted by molar-refractivity contribution is -0.140. The van der Waals surface area contributed by atoms with Gasteiger partial charge in [-0.2, -0.15) is 0 Å². The minimum absolute atomic E-state index is 0.00198. The first kappa shape index (κ1) is 49.8. The maximum atomic E-state index is 16.3. The van der Waals surface area contributed by atoms with Crippen LogP contribution in [0.3, 0.4) is 0 Å². The lowest BCUT2D eigenvalue weighted by atomic mass is 9.57. The van der Waals surface area contributed by atoms with Crippen molar-refractivity contribution in [3.63, 3.8) is 0 Å². The molecule has 15 nitrogen and oxygen atoms in total. The predicted octanol–water partition coefficient (Wildman–Crippen LogP) is 10.8. The number of aliphatic hydroxyl groups is 1. The summed E-state index contributed by atoms with van der Waals surface area (Å²) in [4.78, 5) is 75.9. The van der Waals surface area contributed by atoms with Crippen LogP contribution in [0.25, 0.3) is 16.5 Å². The van der Waals surface area contributed by atoms with Crippen LogP contribution in [0.5, 0.6) is 11.6 Å². The molecular formula is C52H63N3O12Si. The SMILES string of the molecule is C=CCN(C(=O)OC(C)(C)C)c1c2c(c(OC(=O)OC(C)(C)C)c3cc(C=O)ccc13)C(O)=C1C(=O)[C@]3(O[Si](C)(C)C(C)(C)C)C(=O)c4c(OCc5ccccc5)noc4[C@@H](N(C)C)[C@@H]3C[C@@H]1C2. The quantitative estimate of drug-likeness (QED) is 0.0374. The van der Waals surface area contributed by atoms with Gasteiger partial charge in [0.05, 0.1) is 17.3 Å². The smallest absolute Gasteiger partial charge is 0.507 e. The average Bonchev–Trinajstić information content (AvgIpc) is 3.65. The molecule has 3 aliphatic carbocycles. The van der Waals surface area contributed by atoms with Gasteiger partial charge in [0, 0.05) is 34.4 Å². The number of aldehydes is 1. The van der Waals surface area contributed by atoms with E-state index in [9.17, 15) is 19.5 Å². The fourth-order valence-electron chi connectivity index (χ4n) is 9.35. The highest BCUT2D eigenvalue weighted by Gasteiger charge is 2.69. The zero-order chi connectivity index (χ0) is 50.1. The Hall–Kier alpha value is -6.10. The Bertz CT molecular complexity index is 2740. The number of Topliss-reactive ketones (excluding diaryl/α,β-unsaturated/α-hetero) is 2. The van der Waals surface area contributed by atoms with Crippen molar-refractivity contribution in [3.8, 4) is 11.6 Å². The molecule has 0 spiro atoms. The van der Waals surface area contributed by atoms with E-state index in [1.54, 1.807) is 53.7 Å². The molecule has 3 aromatic carbocycles. The molecular weight excluding hydrogens is 887 g/mol. The van der Waals surface area contributed by atoms with Crippen molar-refractivity contribution in [1.82, 2.24) is 10.1 Å². The van der Waals surface area contributed by atoms with Crippen LogP contribution >= 0.6 is 0 Å². The van der Waals surface area contributed by atoms with E-state index in [-0.39, 0.29) is 76.7 Å². The summed E-state index contributed by atoms with van der Waals surface area (Å²) in [6.45, 7) is 24.0. The Morgan fingerprint density at radius 2 is 1.60 bits per heavy atom. The molecule has 1 aromatic heterocycles. The van der Waals surface area contributed by atoms with Gasteiger partial charge in [0.1, 0.15) is 35.4 Å². The maximum absolute atomic E-state index is 16.3. The van der Waals surface area contributed by atoms with Gasteiger partial charge in [0.15, 0.2) is 25.4 Å². The van der Waals surface area contributed by atoms with E-state index in [0.29, 0.717) is 17.2 Å². The Morgan fingerprint density at radius 1 is 0.941 bits per heavy atom. The van der Waals surface area contributed by atoms with Crippen LogP contribution in [0, 0.1) is 11.8 Å². The van der Waals surface area contributed by atoms with E-state index in [1.165, 1.54) is 17.0 Å². The number of fused-ring (bicyclic) bond motifs is 5. The zero-order valence-electron chi connectivity index (χ0n) is 41.3. The lowest BCUT2D eigenvalue weighted by Gasteiger charge is -2.55. The van der Waals surface area contributed by atoms with Crippen molar-refractivity contribution in [2.45, 2.75) is 123 Å². The molecule has 1 saturated carbocycles. The third-order valence-corrected chi connectivity index (χ3v) is 17.6. The maximum Gasteiger partial charge on any atom is 0.514 e. The number of rotatable bonds is 11. The largest absolute Gasteiger partial charge is 0.514 e. The molecule has 0 aliphatic heterocycles. The molecule has 7 rings (SSSR count). The number of benzene rings is 3. The third kappa shape index (κ3) is 8.89. The van der Waals surface area contributed by atoms with Gasteiger partial charge >= 0.3 is 12.2 Å². The summed E-state index contributed by atoms with van der Waals surface area (Å²) in [6.07, 6.45) is 0.358. The van der Waals surface area contributed by atoms with Crippen molar-refractivity contribution in [2.75, 3.05) is 25.5 Å². The molecule has 3 aliphatic rings. The lowest BCUT2D eigenvalue weighted by Crippen LogP contribution is -2.68. The number of hydrogen-bond acceptors (Lipinski definition) is 14. The van der Waals surface area contributed by atoms with Crippen LogP contribution in [0.4, 0.5) is 15.3 Å². The molecule has 1 fully saturated rings. The van der Waals surface area contributed by atoms with Gasteiger partial charge in [-0.1, -0.05) is 69.3 Å². The summed E-state index contributed by atoms with van der Waals surface area (Å²) < 4.78 is 37.2. The molecule has 0 bridgehead atoms. The molecule has 362 valence electrons. The van der Waals surface area contributed by atoms with Crippen LogP contribution in [-0.2, 0) is 31.7 Å². The first-order chi connectivity index (χ1) is 31.7. The molecule has 1 heterocycles. The number of carbonyl (C=O) groups is 5. The first-order valence-corrected chi connectivity index (χ1v) is 25.7. The van der Waals surface area contributed by atoms with E-state index in [1.807, 2.05) is 83.2 Å². The summed E-state index contributed by atoms with van der Waals surface area (Å²) in [7, 11) is 0.539. The highest BCUT2D eigenvalue weighted by Crippen LogP contribution is 2.60. The van der Waals surface area contributed by atoms with Gasteiger partial charge in [0.2, 0.25) is 11.6 Å². The molecule has 1 N–H and O–H groups in total. The van der Waals surface area contributed by atoms with Gasteiger partial charge < -0.3 is 33.0 Å². The highest BCUT2D eigenvalue weighted by molar-refractivity contribution is 6.74. The fraction of sp³-hybridized carbons (Fsp3) is 0.462. The predicted molar refractivity (Wildman–Crippen MR) is 259 cm³/mol. The minimum Gasteiger partial charge on any atom is -0.507 e. The van der Waals surface area contributed by atoms with Crippen LogP contribution in [0.2, 0.25) is 18.1 Å². The van der Waals surface area contributed by atoms with Crippen molar-refractivity contribution in [1.29, 1.82) is 0 Å². The summed E-state index contributed by atoms with van der Waals surface area (Å²) in [5.41, 5.74) is -2.85. The number of ether oxygens (including phenoxy) is 4. The molecule has 1 amide bonds. The molecule has 0 unspecified atom stereocenters. The second kappa shape index (κ2) is 17.8. The van der Waals surface area contributed by atoms with Crippen molar-refractivity contribution in [2.24, 2.45) is 11.8 Å².